The van der Waals surface area contributed by atoms with E-state index in [0.717, 1.165) is 17.7 Å². The molecule has 106 valence electrons. The van der Waals surface area contributed by atoms with Crippen LogP contribution in [0.5, 0.6) is 5.75 Å². The Balaban J connectivity index is 1.95. The zero-order chi connectivity index (χ0) is 14.7. The minimum atomic E-state index is -0.0769. The third kappa shape index (κ3) is 2.76. The average Bonchev–Trinajstić information content (AvgIpc) is 2.55. The summed E-state index contributed by atoms with van der Waals surface area (Å²) in [4.78, 5) is 0. The molecule has 0 aromatic heterocycles. The molecule has 0 bridgehead atoms. The van der Waals surface area contributed by atoms with Crippen molar-refractivity contribution >= 4 is 10.8 Å². The normalized spacial score (nSPS) is 12.3. The summed E-state index contributed by atoms with van der Waals surface area (Å²) in [5, 5.41) is 2.52. The van der Waals surface area contributed by atoms with Gasteiger partial charge in [0.25, 0.3) is 0 Å². The molecule has 0 spiro atoms. The third-order valence-corrected chi connectivity index (χ3v) is 3.86. The van der Waals surface area contributed by atoms with Crippen LogP contribution in [0.3, 0.4) is 0 Å². The summed E-state index contributed by atoms with van der Waals surface area (Å²) in [5.74, 6) is 0.852. The van der Waals surface area contributed by atoms with Crippen LogP contribution < -0.4 is 10.5 Å². The maximum Gasteiger partial charge on any atom is 0.123 e. The van der Waals surface area contributed by atoms with Crippen LogP contribution >= 0.6 is 0 Å². The quantitative estimate of drug-likeness (QED) is 0.779. The summed E-state index contributed by atoms with van der Waals surface area (Å²) >= 11 is 0. The molecule has 0 aliphatic heterocycles. The van der Waals surface area contributed by atoms with Gasteiger partial charge >= 0.3 is 0 Å². The van der Waals surface area contributed by atoms with Crippen molar-refractivity contribution in [3.63, 3.8) is 0 Å². The summed E-state index contributed by atoms with van der Waals surface area (Å²) in [6, 6.07) is 22.7. The summed E-state index contributed by atoms with van der Waals surface area (Å²) in [7, 11) is 1.68. The van der Waals surface area contributed by atoms with E-state index in [1.165, 1.54) is 16.3 Å². The molecule has 0 heterocycles. The molecule has 0 radical (unpaired) electrons. The first kappa shape index (κ1) is 13.7. The lowest BCUT2D eigenvalue weighted by Gasteiger charge is -2.16. The van der Waals surface area contributed by atoms with Gasteiger partial charge in [0.05, 0.1) is 7.11 Å². The van der Waals surface area contributed by atoms with Gasteiger partial charge in [0, 0.05) is 11.6 Å². The van der Waals surface area contributed by atoms with Gasteiger partial charge in [-0.05, 0) is 28.8 Å². The molecule has 21 heavy (non-hydrogen) atoms. The summed E-state index contributed by atoms with van der Waals surface area (Å²) in [6.45, 7) is 0. The largest absolute Gasteiger partial charge is 0.496 e. The van der Waals surface area contributed by atoms with Gasteiger partial charge in [-0.15, -0.1) is 0 Å². The summed E-state index contributed by atoms with van der Waals surface area (Å²) in [5.41, 5.74) is 8.73. The van der Waals surface area contributed by atoms with Gasteiger partial charge < -0.3 is 10.5 Å². The number of para-hydroxylation sites is 1. The second-order valence-electron chi connectivity index (χ2n) is 5.19. The van der Waals surface area contributed by atoms with Gasteiger partial charge in [-0.25, -0.2) is 0 Å². The van der Waals surface area contributed by atoms with Crippen molar-refractivity contribution in [1.82, 2.24) is 0 Å². The lowest BCUT2D eigenvalue weighted by molar-refractivity contribution is 0.405. The molecule has 3 rings (SSSR count). The fraction of sp³-hybridized carbons (Fsp3) is 0.158. The van der Waals surface area contributed by atoms with Crippen LogP contribution in [0.25, 0.3) is 10.8 Å². The van der Waals surface area contributed by atoms with E-state index in [0.29, 0.717) is 0 Å². The van der Waals surface area contributed by atoms with Crippen LogP contribution in [0.15, 0.2) is 66.7 Å². The van der Waals surface area contributed by atoms with Gasteiger partial charge in [0.15, 0.2) is 0 Å². The Morgan fingerprint density at radius 2 is 1.62 bits per heavy atom. The Morgan fingerprint density at radius 3 is 2.48 bits per heavy atom. The highest BCUT2D eigenvalue weighted by atomic mass is 16.5. The molecular formula is C19H19NO. The van der Waals surface area contributed by atoms with E-state index in [-0.39, 0.29) is 6.04 Å². The van der Waals surface area contributed by atoms with Crippen molar-refractivity contribution in [2.45, 2.75) is 12.5 Å². The topological polar surface area (TPSA) is 35.2 Å². The first-order chi connectivity index (χ1) is 10.3. The fourth-order valence-corrected chi connectivity index (χ4v) is 2.79. The second kappa shape index (κ2) is 5.98. The molecule has 2 heteroatoms. The van der Waals surface area contributed by atoms with Crippen molar-refractivity contribution in [1.29, 1.82) is 0 Å². The highest BCUT2D eigenvalue weighted by Crippen LogP contribution is 2.28. The van der Waals surface area contributed by atoms with Gasteiger partial charge in [0.1, 0.15) is 5.75 Å². The lowest BCUT2D eigenvalue weighted by Crippen LogP contribution is -2.14. The smallest absolute Gasteiger partial charge is 0.123 e. The van der Waals surface area contributed by atoms with Gasteiger partial charge in [0.2, 0.25) is 0 Å². The van der Waals surface area contributed by atoms with Crippen molar-refractivity contribution in [3.8, 4) is 5.75 Å². The zero-order valence-corrected chi connectivity index (χ0v) is 12.1. The minimum Gasteiger partial charge on any atom is -0.496 e. The predicted molar refractivity (Wildman–Crippen MR) is 87.6 cm³/mol. The van der Waals surface area contributed by atoms with E-state index in [2.05, 4.69) is 42.5 Å². The standard InChI is InChI=1S/C19H19NO/c1-21-19-12-5-4-11-17(19)18(20)13-15-9-6-8-14-7-2-3-10-16(14)15/h2-12,18H,13,20H2,1H3. The van der Waals surface area contributed by atoms with E-state index in [9.17, 15) is 0 Å². The molecular weight excluding hydrogens is 258 g/mol. The van der Waals surface area contributed by atoms with Crippen molar-refractivity contribution in [3.05, 3.63) is 77.9 Å². The number of benzene rings is 3. The zero-order valence-electron chi connectivity index (χ0n) is 12.1. The maximum absolute atomic E-state index is 6.41. The molecule has 0 amide bonds. The molecule has 0 aliphatic rings. The fourth-order valence-electron chi connectivity index (χ4n) is 2.79. The van der Waals surface area contributed by atoms with E-state index in [1.807, 2.05) is 24.3 Å². The number of methoxy groups -OCH3 is 1. The van der Waals surface area contributed by atoms with Crippen molar-refractivity contribution in [2.24, 2.45) is 5.73 Å². The maximum atomic E-state index is 6.41. The Labute approximate surface area is 125 Å². The third-order valence-electron chi connectivity index (χ3n) is 3.86. The predicted octanol–water partition coefficient (Wildman–Crippen LogP) is 4.09. The first-order valence-electron chi connectivity index (χ1n) is 7.14. The molecule has 2 nitrogen and oxygen atoms in total. The average molecular weight is 277 g/mol. The molecule has 1 atom stereocenters. The van der Waals surface area contributed by atoms with Crippen LogP contribution in [0.1, 0.15) is 17.2 Å². The van der Waals surface area contributed by atoms with E-state index in [1.54, 1.807) is 7.11 Å². The SMILES string of the molecule is COc1ccccc1C(N)Cc1cccc2ccccc12. The lowest BCUT2D eigenvalue weighted by atomic mass is 9.95. The van der Waals surface area contributed by atoms with Crippen LogP contribution in [0, 0.1) is 0 Å². The van der Waals surface area contributed by atoms with Crippen LogP contribution in [0.4, 0.5) is 0 Å². The van der Waals surface area contributed by atoms with Gasteiger partial charge in [-0.3, -0.25) is 0 Å². The highest BCUT2D eigenvalue weighted by Gasteiger charge is 2.13. The van der Waals surface area contributed by atoms with E-state index in [4.69, 9.17) is 10.5 Å². The molecule has 3 aromatic carbocycles. The Bertz CT molecular complexity index is 746. The van der Waals surface area contributed by atoms with Crippen molar-refractivity contribution in [2.75, 3.05) is 7.11 Å². The van der Waals surface area contributed by atoms with Gasteiger partial charge in [-0.1, -0.05) is 60.7 Å². The highest BCUT2D eigenvalue weighted by molar-refractivity contribution is 5.85. The van der Waals surface area contributed by atoms with E-state index >= 15 is 0 Å². The number of nitrogens with two attached hydrogens (primary N) is 1. The van der Waals surface area contributed by atoms with Crippen LogP contribution in [-0.4, -0.2) is 7.11 Å². The molecule has 1 unspecified atom stereocenters. The number of hydrogen-bond donors (Lipinski definition) is 1. The van der Waals surface area contributed by atoms with Crippen LogP contribution in [0.2, 0.25) is 0 Å². The Morgan fingerprint density at radius 1 is 0.905 bits per heavy atom. The number of ether oxygens (including phenoxy) is 1. The molecule has 0 saturated carbocycles. The molecule has 0 fully saturated rings. The Kier molecular flexibility index (Phi) is 3.89. The summed E-state index contributed by atoms with van der Waals surface area (Å²) in [6.07, 6.45) is 0.793. The number of rotatable bonds is 4. The van der Waals surface area contributed by atoms with Crippen LogP contribution in [-0.2, 0) is 6.42 Å². The van der Waals surface area contributed by atoms with E-state index < -0.39 is 0 Å². The minimum absolute atomic E-state index is 0.0769. The first-order valence-corrected chi connectivity index (χ1v) is 7.14. The van der Waals surface area contributed by atoms with Crippen molar-refractivity contribution < 1.29 is 4.74 Å². The second-order valence-corrected chi connectivity index (χ2v) is 5.19. The molecule has 0 aliphatic carbocycles. The Hall–Kier alpha value is -2.32. The number of fused-ring (bicyclic) bond motifs is 1. The monoisotopic (exact) mass is 277 g/mol. The summed E-state index contributed by atoms with van der Waals surface area (Å²) < 4.78 is 5.41. The number of hydrogen-bond acceptors (Lipinski definition) is 2. The molecule has 2 N–H and O–H groups in total. The molecule has 0 saturated heterocycles. The van der Waals surface area contributed by atoms with Gasteiger partial charge in [-0.2, -0.15) is 0 Å². The molecule has 3 aromatic rings.